The topological polar surface area (TPSA) is 94.1 Å². The number of amides is 2. The van der Waals surface area contributed by atoms with Gasteiger partial charge in [-0.2, -0.15) is 5.10 Å². The largest absolute Gasteiger partial charge is 0.463 e. The van der Waals surface area contributed by atoms with Crippen LogP contribution in [-0.4, -0.2) is 32.7 Å². The van der Waals surface area contributed by atoms with Crippen molar-refractivity contribution in [3.63, 3.8) is 0 Å². The normalized spacial score (nSPS) is 11.0. The maximum Gasteiger partial charge on any atom is 0.268 e. The highest BCUT2D eigenvalue weighted by molar-refractivity contribution is 6.01. The fraction of sp³-hybridized carbons (Fsp3) is 0.353. The fourth-order valence-electron chi connectivity index (χ4n) is 2.89. The molecular weight excluding hydrogens is 322 g/mol. The Morgan fingerprint density at radius 2 is 2.08 bits per heavy atom. The Bertz CT molecular complexity index is 947. The summed E-state index contributed by atoms with van der Waals surface area (Å²) < 4.78 is 8.83. The summed E-state index contributed by atoms with van der Waals surface area (Å²) in [6.45, 7) is 6.33. The maximum absolute atomic E-state index is 12.3. The first-order valence-corrected chi connectivity index (χ1v) is 8.07. The second-order valence-corrected chi connectivity index (χ2v) is 5.85. The molecule has 0 bridgehead atoms. The van der Waals surface area contributed by atoms with Crippen LogP contribution in [0, 0.1) is 13.8 Å². The summed E-state index contributed by atoms with van der Waals surface area (Å²) in [6.07, 6.45) is 1.57. The van der Waals surface area contributed by atoms with Gasteiger partial charge in [-0.15, -0.1) is 0 Å². The summed E-state index contributed by atoms with van der Waals surface area (Å²) in [4.78, 5) is 24.5. The van der Waals surface area contributed by atoms with Crippen LogP contribution in [0.15, 0.2) is 22.8 Å². The molecule has 3 rings (SSSR count). The van der Waals surface area contributed by atoms with Gasteiger partial charge in [0.15, 0.2) is 5.58 Å². The Kier molecular flexibility index (Phi) is 4.35. The lowest BCUT2D eigenvalue weighted by Gasteiger charge is -2.08. The first kappa shape index (κ1) is 16.8. The van der Waals surface area contributed by atoms with Crippen molar-refractivity contribution in [2.24, 2.45) is 7.05 Å². The fourth-order valence-corrected chi connectivity index (χ4v) is 2.89. The molecular formula is C17H21N5O3. The molecule has 3 aromatic rings. The molecule has 0 fully saturated rings. The van der Waals surface area contributed by atoms with Gasteiger partial charge < -0.3 is 19.6 Å². The number of rotatable bonds is 5. The van der Waals surface area contributed by atoms with Gasteiger partial charge in [0, 0.05) is 25.7 Å². The van der Waals surface area contributed by atoms with E-state index in [9.17, 15) is 9.59 Å². The zero-order valence-corrected chi connectivity index (χ0v) is 14.7. The molecule has 0 unspecified atom stereocenters. The van der Waals surface area contributed by atoms with Gasteiger partial charge in [-0.3, -0.25) is 14.3 Å². The lowest BCUT2D eigenvalue weighted by Crippen LogP contribution is -2.33. The molecule has 25 heavy (non-hydrogen) atoms. The summed E-state index contributed by atoms with van der Waals surface area (Å²) in [7, 11) is 1.78. The van der Waals surface area contributed by atoms with Gasteiger partial charge >= 0.3 is 0 Å². The highest BCUT2D eigenvalue weighted by Gasteiger charge is 2.17. The molecule has 2 amide bonds. The van der Waals surface area contributed by atoms with Gasteiger partial charge in [-0.1, -0.05) is 0 Å². The number of nitrogens with zero attached hydrogens (tertiary/aromatic N) is 3. The third kappa shape index (κ3) is 3.02. The molecule has 0 aliphatic carbocycles. The van der Waals surface area contributed by atoms with Crippen LogP contribution in [0.1, 0.15) is 28.8 Å². The monoisotopic (exact) mass is 343 g/mol. The number of furan rings is 1. The molecule has 0 atom stereocenters. The summed E-state index contributed by atoms with van der Waals surface area (Å²) in [5.41, 5.74) is 4.23. The zero-order chi connectivity index (χ0) is 18.1. The molecule has 3 aromatic heterocycles. The van der Waals surface area contributed by atoms with E-state index in [1.807, 2.05) is 25.5 Å². The summed E-state index contributed by atoms with van der Waals surface area (Å²) in [5.74, 6) is -0.630. The van der Waals surface area contributed by atoms with Gasteiger partial charge in [0.25, 0.3) is 5.91 Å². The van der Waals surface area contributed by atoms with Gasteiger partial charge in [0.2, 0.25) is 5.91 Å². The van der Waals surface area contributed by atoms with Crippen LogP contribution in [0.5, 0.6) is 0 Å². The molecule has 8 nitrogen and oxygen atoms in total. The first-order valence-electron chi connectivity index (χ1n) is 8.07. The molecule has 0 spiro atoms. The lowest BCUT2D eigenvalue weighted by molar-refractivity contribution is -0.115. The second-order valence-electron chi connectivity index (χ2n) is 5.85. The Balaban J connectivity index is 1.64. The van der Waals surface area contributed by atoms with Crippen molar-refractivity contribution in [3.8, 4) is 0 Å². The van der Waals surface area contributed by atoms with Crippen LogP contribution in [0.4, 0.5) is 5.69 Å². The molecule has 0 saturated carbocycles. The van der Waals surface area contributed by atoms with Gasteiger partial charge in [-0.25, -0.2) is 0 Å². The number of aryl methyl sites for hydroxylation is 3. The van der Waals surface area contributed by atoms with Crippen molar-refractivity contribution in [2.75, 3.05) is 11.9 Å². The van der Waals surface area contributed by atoms with E-state index in [0.29, 0.717) is 17.0 Å². The number of hydrogen-bond acceptors (Lipinski definition) is 4. The smallest absolute Gasteiger partial charge is 0.268 e. The number of carbonyl (C=O) groups is 2. The Hall–Kier alpha value is -3.03. The minimum atomic E-state index is -0.332. The number of hydrogen-bond donors (Lipinski definition) is 2. The molecule has 3 heterocycles. The molecule has 0 aliphatic heterocycles. The van der Waals surface area contributed by atoms with E-state index in [2.05, 4.69) is 15.7 Å². The summed E-state index contributed by atoms with van der Waals surface area (Å²) in [6, 6.07) is 3.44. The molecule has 0 aromatic carbocycles. The van der Waals surface area contributed by atoms with E-state index in [4.69, 9.17) is 4.42 Å². The van der Waals surface area contributed by atoms with E-state index in [0.717, 1.165) is 23.4 Å². The number of nitrogens with one attached hydrogen (secondary N) is 2. The van der Waals surface area contributed by atoms with E-state index in [-0.39, 0.29) is 18.4 Å². The zero-order valence-electron chi connectivity index (χ0n) is 14.7. The van der Waals surface area contributed by atoms with Crippen molar-refractivity contribution in [1.29, 1.82) is 0 Å². The minimum Gasteiger partial charge on any atom is -0.463 e. The highest BCUT2D eigenvalue weighted by atomic mass is 16.3. The average Bonchev–Trinajstić information content (AvgIpc) is 3.24. The molecule has 0 aliphatic rings. The van der Waals surface area contributed by atoms with Crippen LogP contribution >= 0.6 is 0 Å². The third-order valence-corrected chi connectivity index (χ3v) is 4.25. The van der Waals surface area contributed by atoms with Crippen molar-refractivity contribution < 1.29 is 14.0 Å². The van der Waals surface area contributed by atoms with Crippen LogP contribution in [0.25, 0.3) is 11.1 Å². The number of carbonyl (C=O) groups excluding carboxylic acids is 2. The predicted octanol–water partition coefficient (Wildman–Crippen LogP) is 1.97. The van der Waals surface area contributed by atoms with Crippen LogP contribution in [-0.2, 0) is 18.4 Å². The minimum absolute atomic E-state index is 0.123. The molecule has 132 valence electrons. The molecule has 2 N–H and O–H groups in total. The standard InChI is InChI=1S/C17H21N5O3/c1-5-22-11(3)16(10(2)20-22)19-15(23)9-18-17(24)13-8-14-12(21(13)4)6-7-25-14/h6-8H,5,9H2,1-4H3,(H,18,24)(H,19,23). The third-order valence-electron chi connectivity index (χ3n) is 4.25. The number of aromatic nitrogens is 3. The molecule has 0 radical (unpaired) electrons. The number of anilines is 1. The Morgan fingerprint density at radius 1 is 1.32 bits per heavy atom. The highest BCUT2D eigenvalue weighted by Crippen LogP contribution is 2.20. The van der Waals surface area contributed by atoms with E-state index < -0.39 is 0 Å². The number of fused-ring (bicyclic) bond motifs is 1. The second kappa shape index (κ2) is 6.46. The first-order chi connectivity index (χ1) is 11.9. The summed E-state index contributed by atoms with van der Waals surface area (Å²) in [5, 5.41) is 9.80. The predicted molar refractivity (Wildman–Crippen MR) is 93.5 cm³/mol. The Labute approximate surface area is 144 Å². The van der Waals surface area contributed by atoms with Crippen LogP contribution < -0.4 is 10.6 Å². The lowest BCUT2D eigenvalue weighted by atomic mass is 10.3. The molecule has 8 heteroatoms. The van der Waals surface area contributed by atoms with E-state index in [1.165, 1.54) is 0 Å². The quantitative estimate of drug-likeness (QED) is 0.740. The molecule has 0 saturated heterocycles. The van der Waals surface area contributed by atoms with E-state index in [1.54, 1.807) is 30.0 Å². The van der Waals surface area contributed by atoms with Crippen molar-refractivity contribution >= 4 is 28.6 Å². The summed E-state index contributed by atoms with van der Waals surface area (Å²) >= 11 is 0. The van der Waals surface area contributed by atoms with Crippen LogP contribution in [0.2, 0.25) is 0 Å². The van der Waals surface area contributed by atoms with Gasteiger partial charge in [0.05, 0.1) is 35.4 Å². The van der Waals surface area contributed by atoms with Crippen molar-refractivity contribution in [3.05, 3.63) is 35.5 Å². The van der Waals surface area contributed by atoms with Crippen LogP contribution in [0.3, 0.4) is 0 Å². The maximum atomic E-state index is 12.3. The van der Waals surface area contributed by atoms with Gasteiger partial charge in [0.1, 0.15) is 5.69 Å². The van der Waals surface area contributed by atoms with Crippen molar-refractivity contribution in [2.45, 2.75) is 27.3 Å². The SMILES string of the molecule is CCn1nc(C)c(NC(=O)CNC(=O)c2cc3occc3n2C)c1C. The van der Waals surface area contributed by atoms with Gasteiger partial charge in [-0.05, 0) is 20.8 Å². The average molecular weight is 343 g/mol. The Morgan fingerprint density at radius 3 is 2.72 bits per heavy atom. The van der Waals surface area contributed by atoms with E-state index >= 15 is 0 Å². The van der Waals surface area contributed by atoms with Crippen molar-refractivity contribution in [1.82, 2.24) is 19.7 Å².